The summed E-state index contributed by atoms with van der Waals surface area (Å²) in [6.07, 6.45) is 1.56. The first-order valence-corrected chi connectivity index (χ1v) is 8.28. The first-order valence-electron chi connectivity index (χ1n) is 8.28. The lowest BCUT2D eigenvalue weighted by Gasteiger charge is -2.15. The zero-order valence-corrected chi connectivity index (χ0v) is 14.0. The van der Waals surface area contributed by atoms with Gasteiger partial charge < -0.3 is 14.4 Å². The quantitative estimate of drug-likeness (QED) is 0.767. The maximum Gasteiger partial charge on any atom is 0.361 e. The number of amides is 1. The summed E-state index contributed by atoms with van der Waals surface area (Å²) in [5, 5.41) is 10.3. The first kappa shape index (κ1) is 16.9. The second-order valence-corrected chi connectivity index (χ2v) is 5.60. The number of nitrogens with zero attached hydrogens (tertiary/aromatic N) is 3. The van der Waals surface area contributed by atoms with Crippen LogP contribution in [0.15, 0.2) is 24.3 Å². The van der Waals surface area contributed by atoms with Crippen molar-refractivity contribution in [1.82, 2.24) is 20.3 Å². The van der Waals surface area contributed by atoms with E-state index in [1.165, 1.54) is 0 Å². The van der Waals surface area contributed by atoms with E-state index < -0.39 is 5.97 Å². The van der Waals surface area contributed by atoms with Crippen LogP contribution in [-0.4, -0.2) is 58.5 Å². The van der Waals surface area contributed by atoms with Crippen LogP contribution in [0.25, 0.3) is 11.3 Å². The van der Waals surface area contributed by atoms with E-state index in [-0.39, 0.29) is 18.2 Å². The Kier molecular flexibility index (Phi) is 5.27. The average Bonchev–Trinajstić information content (AvgIpc) is 3.25. The summed E-state index contributed by atoms with van der Waals surface area (Å²) in [7, 11) is 0. The number of carbonyl (C=O) groups is 2. The van der Waals surface area contributed by atoms with Gasteiger partial charge >= 0.3 is 5.97 Å². The minimum absolute atomic E-state index is 0.156. The monoisotopic (exact) mass is 344 g/mol. The lowest BCUT2D eigenvalue weighted by atomic mass is 10.1. The summed E-state index contributed by atoms with van der Waals surface area (Å²) in [5.41, 5.74) is 1.33. The first-order chi connectivity index (χ1) is 12.2. The molecule has 1 saturated heterocycles. The van der Waals surface area contributed by atoms with Gasteiger partial charge in [0.05, 0.1) is 13.2 Å². The highest BCUT2D eigenvalue weighted by Gasteiger charge is 2.20. The molecule has 132 valence electrons. The van der Waals surface area contributed by atoms with Crippen LogP contribution in [0.5, 0.6) is 5.75 Å². The van der Waals surface area contributed by atoms with Gasteiger partial charge in [0.1, 0.15) is 18.1 Å². The standard InChI is InChI=1S/C17H20N4O4/c1-2-24-17(23)16-15(18-20-19-16)12-5-7-13(8-6-12)25-11-10-21-9-3-4-14(21)22/h5-8H,2-4,9-11H2,1H3,(H,18,19,20). The Hall–Kier alpha value is -2.90. The molecule has 0 unspecified atom stereocenters. The Morgan fingerprint density at radius 2 is 2.08 bits per heavy atom. The topological polar surface area (TPSA) is 97.4 Å². The number of hydrogen-bond acceptors (Lipinski definition) is 6. The van der Waals surface area contributed by atoms with E-state index in [0.29, 0.717) is 31.0 Å². The molecule has 1 fully saturated rings. The maximum atomic E-state index is 11.9. The number of rotatable bonds is 7. The van der Waals surface area contributed by atoms with Crippen LogP contribution in [0, 0.1) is 0 Å². The number of benzene rings is 1. The molecular weight excluding hydrogens is 324 g/mol. The molecule has 1 aromatic heterocycles. The van der Waals surface area contributed by atoms with Gasteiger partial charge in [-0.1, -0.05) is 0 Å². The molecule has 1 amide bonds. The van der Waals surface area contributed by atoms with Crippen LogP contribution >= 0.6 is 0 Å². The molecule has 8 nitrogen and oxygen atoms in total. The molecule has 0 radical (unpaired) electrons. The van der Waals surface area contributed by atoms with Crippen LogP contribution in [0.3, 0.4) is 0 Å². The largest absolute Gasteiger partial charge is 0.492 e. The Morgan fingerprint density at radius 1 is 1.28 bits per heavy atom. The molecule has 1 N–H and O–H groups in total. The Morgan fingerprint density at radius 3 is 2.76 bits per heavy atom. The molecule has 3 rings (SSSR count). The van der Waals surface area contributed by atoms with Crippen LogP contribution in [0.4, 0.5) is 0 Å². The fraction of sp³-hybridized carbons (Fsp3) is 0.412. The van der Waals surface area contributed by atoms with Crippen LogP contribution < -0.4 is 4.74 Å². The van der Waals surface area contributed by atoms with Gasteiger partial charge in [0.2, 0.25) is 5.91 Å². The number of esters is 1. The Labute approximate surface area is 145 Å². The summed E-state index contributed by atoms with van der Waals surface area (Å²) in [6.45, 7) is 3.86. The van der Waals surface area contributed by atoms with E-state index in [1.807, 2.05) is 4.90 Å². The third kappa shape index (κ3) is 3.96. The number of likely N-dealkylation sites (tertiary alicyclic amines) is 1. The molecular formula is C17H20N4O4. The summed E-state index contributed by atoms with van der Waals surface area (Å²) in [5.74, 6) is 0.370. The van der Waals surface area contributed by atoms with Gasteiger partial charge in [0, 0.05) is 18.5 Å². The predicted molar refractivity (Wildman–Crippen MR) is 89.1 cm³/mol. The van der Waals surface area contributed by atoms with Gasteiger partial charge in [0.15, 0.2) is 5.69 Å². The van der Waals surface area contributed by atoms with Crippen molar-refractivity contribution in [2.45, 2.75) is 19.8 Å². The van der Waals surface area contributed by atoms with Gasteiger partial charge in [-0.15, -0.1) is 5.10 Å². The molecule has 0 atom stereocenters. The number of aromatic nitrogens is 3. The van der Waals surface area contributed by atoms with Crippen LogP contribution in [-0.2, 0) is 9.53 Å². The van der Waals surface area contributed by atoms with Crippen molar-refractivity contribution in [2.24, 2.45) is 0 Å². The predicted octanol–water partition coefficient (Wildman–Crippen LogP) is 1.65. The van der Waals surface area contributed by atoms with Crippen LogP contribution in [0.1, 0.15) is 30.3 Å². The molecule has 0 saturated carbocycles. The minimum Gasteiger partial charge on any atom is -0.492 e. The zero-order chi connectivity index (χ0) is 17.6. The van der Waals surface area contributed by atoms with Gasteiger partial charge in [-0.2, -0.15) is 10.3 Å². The van der Waals surface area contributed by atoms with Gasteiger partial charge in [-0.25, -0.2) is 4.79 Å². The fourth-order valence-corrected chi connectivity index (χ4v) is 2.70. The lowest BCUT2D eigenvalue weighted by molar-refractivity contribution is -0.128. The summed E-state index contributed by atoms with van der Waals surface area (Å²) < 4.78 is 10.6. The highest BCUT2D eigenvalue weighted by Crippen LogP contribution is 2.23. The van der Waals surface area contributed by atoms with Crippen molar-refractivity contribution in [3.8, 4) is 17.0 Å². The van der Waals surface area contributed by atoms with E-state index in [0.717, 1.165) is 18.5 Å². The maximum absolute atomic E-state index is 11.9. The number of H-pyrrole nitrogens is 1. The zero-order valence-electron chi connectivity index (χ0n) is 14.0. The van der Waals surface area contributed by atoms with Crippen LogP contribution in [0.2, 0.25) is 0 Å². The van der Waals surface area contributed by atoms with Crippen molar-refractivity contribution >= 4 is 11.9 Å². The summed E-state index contributed by atoms with van der Waals surface area (Å²) in [4.78, 5) is 25.2. The van der Waals surface area contributed by atoms with Crippen molar-refractivity contribution < 1.29 is 19.1 Å². The molecule has 1 aliphatic rings. The Bertz CT molecular complexity index is 741. The van der Waals surface area contributed by atoms with Gasteiger partial charge in [-0.3, -0.25) is 4.79 Å². The molecule has 8 heteroatoms. The molecule has 0 aliphatic carbocycles. The fourth-order valence-electron chi connectivity index (χ4n) is 2.70. The van der Waals surface area contributed by atoms with E-state index in [2.05, 4.69) is 15.4 Å². The normalized spacial score (nSPS) is 14.0. The number of nitrogens with one attached hydrogen (secondary N) is 1. The lowest BCUT2D eigenvalue weighted by Crippen LogP contribution is -2.29. The third-order valence-corrected chi connectivity index (χ3v) is 3.95. The van der Waals surface area contributed by atoms with Gasteiger partial charge in [0.25, 0.3) is 0 Å². The van der Waals surface area contributed by atoms with E-state index in [1.54, 1.807) is 31.2 Å². The average molecular weight is 344 g/mol. The number of aromatic amines is 1. The van der Waals surface area contributed by atoms with Gasteiger partial charge in [-0.05, 0) is 37.6 Å². The number of carbonyl (C=O) groups excluding carboxylic acids is 2. The molecule has 1 aromatic carbocycles. The summed E-state index contributed by atoms with van der Waals surface area (Å²) in [6, 6.07) is 7.20. The van der Waals surface area contributed by atoms with E-state index >= 15 is 0 Å². The molecule has 0 spiro atoms. The minimum atomic E-state index is -0.512. The van der Waals surface area contributed by atoms with Crippen molar-refractivity contribution in [3.63, 3.8) is 0 Å². The highest BCUT2D eigenvalue weighted by atomic mass is 16.5. The number of hydrogen-bond donors (Lipinski definition) is 1. The molecule has 2 heterocycles. The Balaban J connectivity index is 1.60. The van der Waals surface area contributed by atoms with Crippen molar-refractivity contribution in [2.75, 3.05) is 26.3 Å². The summed E-state index contributed by atoms with van der Waals surface area (Å²) >= 11 is 0. The van der Waals surface area contributed by atoms with Crippen molar-refractivity contribution in [1.29, 1.82) is 0 Å². The SMILES string of the molecule is CCOC(=O)c1n[nH]nc1-c1ccc(OCCN2CCCC2=O)cc1. The highest BCUT2D eigenvalue weighted by molar-refractivity contribution is 5.93. The molecule has 2 aromatic rings. The second kappa shape index (κ2) is 7.78. The molecule has 1 aliphatic heterocycles. The van der Waals surface area contributed by atoms with Crippen molar-refractivity contribution in [3.05, 3.63) is 30.0 Å². The molecule has 0 bridgehead atoms. The van der Waals surface area contributed by atoms with E-state index in [4.69, 9.17) is 9.47 Å². The van der Waals surface area contributed by atoms with E-state index in [9.17, 15) is 9.59 Å². The third-order valence-electron chi connectivity index (χ3n) is 3.95. The smallest absolute Gasteiger partial charge is 0.361 e. The number of ether oxygens (including phenoxy) is 2. The second-order valence-electron chi connectivity index (χ2n) is 5.60. The molecule has 25 heavy (non-hydrogen) atoms.